The number of carbonyl (C=O) groups is 1. The van der Waals surface area contributed by atoms with Gasteiger partial charge in [0.15, 0.2) is 0 Å². The molecule has 2 rings (SSSR count). The Balaban J connectivity index is 2.28. The van der Waals surface area contributed by atoms with E-state index < -0.39 is 5.97 Å². The molecular formula is C17H19NO3. The van der Waals surface area contributed by atoms with E-state index in [0.29, 0.717) is 0 Å². The predicted octanol–water partition coefficient (Wildman–Crippen LogP) is 3.88. The van der Waals surface area contributed by atoms with Gasteiger partial charge in [0, 0.05) is 11.3 Å². The lowest BCUT2D eigenvalue weighted by molar-refractivity contribution is 0.0697. The van der Waals surface area contributed by atoms with Crippen molar-refractivity contribution in [2.24, 2.45) is 0 Å². The molecule has 3 N–H and O–H groups in total. The van der Waals surface area contributed by atoms with Crippen molar-refractivity contribution in [3.63, 3.8) is 0 Å². The van der Waals surface area contributed by atoms with Gasteiger partial charge in [0.1, 0.15) is 5.75 Å². The Labute approximate surface area is 124 Å². The number of phenols is 1. The molecule has 1 atom stereocenters. The van der Waals surface area contributed by atoms with Crippen LogP contribution < -0.4 is 5.32 Å². The van der Waals surface area contributed by atoms with E-state index in [-0.39, 0.29) is 17.4 Å². The zero-order valence-corrected chi connectivity index (χ0v) is 12.3. The van der Waals surface area contributed by atoms with Gasteiger partial charge in [-0.05, 0) is 50.1 Å². The number of hydrogen-bond donors (Lipinski definition) is 3. The van der Waals surface area contributed by atoms with Crippen molar-refractivity contribution in [3.8, 4) is 5.75 Å². The highest BCUT2D eigenvalue weighted by Crippen LogP contribution is 2.29. The first-order valence-corrected chi connectivity index (χ1v) is 6.78. The van der Waals surface area contributed by atoms with Crippen LogP contribution in [0.15, 0.2) is 36.4 Å². The van der Waals surface area contributed by atoms with Crippen LogP contribution in [0.25, 0.3) is 0 Å². The first-order valence-electron chi connectivity index (χ1n) is 6.78. The predicted molar refractivity (Wildman–Crippen MR) is 83.0 cm³/mol. The number of nitrogens with one attached hydrogen (secondary N) is 1. The Bertz CT molecular complexity index is 680. The molecule has 21 heavy (non-hydrogen) atoms. The van der Waals surface area contributed by atoms with Crippen LogP contribution >= 0.6 is 0 Å². The molecule has 0 spiro atoms. The van der Waals surface area contributed by atoms with Gasteiger partial charge in [0.2, 0.25) is 0 Å². The SMILES string of the molecule is Cc1ccc(C(C)Nc2cc(C(=O)O)ccc2C)c(O)c1. The van der Waals surface area contributed by atoms with Crippen LogP contribution in [0.5, 0.6) is 5.75 Å². The molecule has 0 bridgehead atoms. The zero-order chi connectivity index (χ0) is 15.6. The summed E-state index contributed by atoms with van der Waals surface area (Å²) in [4.78, 5) is 11.0. The lowest BCUT2D eigenvalue weighted by atomic mass is 10.0. The van der Waals surface area contributed by atoms with Crippen LogP contribution in [0.3, 0.4) is 0 Å². The van der Waals surface area contributed by atoms with Gasteiger partial charge in [-0.2, -0.15) is 0 Å². The molecule has 0 radical (unpaired) electrons. The molecule has 0 saturated carbocycles. The van der Waals surface area contributed by atoms with Gasteiger partial charge in [-0.25, -0.2) is 4.79 Å². The minimum atomic E-state index is -0.955. The zero-order valence-electron chi connectivity index (χ0n) is 12.3. The lowest BCUT2D eigenvalue weighted by Crippen LogP contribution is -2.09. The van der Waals surface area contributed by atoms with Crippen molar-refractivity contribution in [1.82, 2.24) is 0 Å². The number of carboxylic acids is 1. The highest BCUT2D eigenvalue weighted by Gasteiger charge is 2.13. The summed E-state index contributed by atoms with van der Waals surface area (Å²) in [6.45, 7) is 5.76. The minimum Gasteiger partial charge on any atom is -0.508 e. The average molecular weight is 285 g/mol. The molecule has 4 heteroatoms. The van der Waals surface area contributed by atoms with Crippen molar-refractivity contribution in [1.29, 1.82) is 0 Å². The van der Waals surface area contributed by atoms with E-state index in [9.17, 15) is 9.90 Å². The van der Waals surface area contributed by atoms with Gasteiger partial charge in [-0.3, -0.25) is 0 Å². The van der Waals surface area contributed by atoms with Gasteiger partial charge in [-0.15, -0.1) is 0 Å². The topological polar surface area (TPSA) is 69.6 Å². The first-order chi connectivity index (χ1) is 9.88. The molecule has 0 aliphatic carbocycles. The molecule has 0 saturated heterocycles. The summed E-state index contributed by atoms with van der Waals surface area (Å²) in [7, 11) is 0. The molecule has 4 nitrogen and oxygen atoms in total. The van der Waals surface area contributed by atoms with Crippen LogP contribution in [0.2, 0.25) is 0 Å². The number of aryl methyl sites for hydroxylation is 2. The smallest absolute Gasteiger partial charge is 0.335 e. The third-order valence-electron chi connectivity index (χ3n) is 3.51. The highest BCUT2D eigenvalue weighted by molar-refractivity contribution is 5.89. The molecule has 0 aliphatic rings. The number of anilines is 1. The summed E-state index contributed by atoms with van der Waals surface area (Å²) >= 11 is 0. The third kappa shape index (κ3) is 3.34. The second-order valence-corrected chi connectivity index (χ2v) is 5.26. The lowest BCUT2D eigenvalue weighted by Gasteiger charge is -2.19. The van der Waals surface area contributed by atoms with E-state index in [2.05, 4.69) is 5.32 Å². The van der Waals surface area contributed by atoms with Crippen molar-refractivity contribution in [3.05, 3.63) is 58.7 Å². The number of aromatic hydroxyl groups is 1. The summed E-state index contributed by atoms with van der Waals surface area (Å²) in [5.41, 5.74) is 3.72. The molecule has 0 aliphatic heterocycles. The summed E-state index contributed by atoms with van der Waals surface area (Å²) < 4.78 is 0. The Morgan fingerprint density at radius 3 is 2.48 bits per heavy atom. The van der Waals surface area contributed by atoms with E-state index in [0.717, 1.165) is 22.4 Å². The van der Waals surface area contributed by atoms with Gasteiger partial charge in [0.25, 0.3) is 0 Å². The Kier molecular flexibility index (Phi) is 4.17. The molecular weight excluding hydrogens is 266 g/mol. The number of benzene rings is 2. The summed E-state index contributed by atoms with van der Waals surface area (Å²) in [6, 6.07) is 10.4. The van der Waals surface area contributed by atoms with Gasteiger partial charge in [0.05, 0.1) is 11.6 Å². The third-order valence-corrected chi connectivity index (χ3v) is 3.51. The number of hydrogen-bond acceptors (Lipinski definition) is 3. The Morgan fingerprint density at radius 2 is 1.86 bits per heavy atom. The number of carboxylic acid groups (broad SMARTS) is 1. The largest absolute Gasteiger partial charge is 0.508 e. The van der Waals surface area contributed by atoms with E-state index in [1.165, 1.54) is 0 Å². The summed E-state index contributed by atoms with van der Waals surface area (Å²) in [5, 5.41) is 22.3. The second kappa shape index (κ2) is 5.87. The Hall–Kier alpha value is -2.49. The molecule has 0 fully saturated rings. The maximum atomic E-state index is 11.0. The quantitative estimate of drug-likeness (QED) is 0.797. The van der Waals surface area contributed by atoms with Gasteiger partial charge in [-0.1, -0.05) is 18.2 Å². The van der Waals surface area contributed by atoms with Crippen LogP contribution in [0, 0.1) is 13.8 Å². The molecule has 2 aromatic carbocycles. The molecule has 110 valence electrons. The first kappa shape index (κ1) is 14.9. The average Bonchev–Trinajstić information content (AvgIpc) is 2.40. The molecule has 2 aromatic rings. The van der Waals surface area contributed by atoms with Crippen LogP contribution in [0.1, 0.15) is 40.0 Å². The molecule has 0 amide bonds. The minimum absolute atomic E-state index is 0.131. The number of phenolic OH excluding ortho intramolecular Hbond substituents is 1. The second-order valence-electron chi connectivity index (χ2n) is 5.26. The van der Waals surface area contributed by atoms with Crippen LogP contribution in [0.4, 0.5) is 5.69 Å². The van der Waals surface area contributed by atoms with E-state index >= 15 is 0 Å². The normalized spacial score (nSPS) is 12.0. The van der Waals surface area contributed by atoms with Gasteiger partial charge < -0.3 is 15.5 Å². The van der Waals surface area contributed by atoms with E-state index in [1.807, 2.05) is 32.9 Å². The van der Waals surface area contributed by atoms with Crippen molar-refractivity contribution in [2.75, 3.05) is 5.32 Å². The summed E-state index contributed by atoms with van der Waals surface area (Å²) in [6.07, 6.45) is 0. The van der Waals surface area contributed by atoms with Crippen molar-refractivity contribution >= 4 is 11.7 Å². The fourth-order valence-electron chi connectivity index (χ4n) is 2.24. The molecule has 1 unspecified atom stereocenters. The van der Waals surface area contributed by atoms with Crippen LogP contribution in [-0.4, -0.2) is 16.2 Å². The number of aromatic carboxylic acids is 1. The maximum absolute atomic E-state index is 11.0. The number of rotatable bonds is 4. The Morgan fingerprint density at radius 1 is 1.14 bits per heavy atom. The van der Waals surface area contributed by atoms with E-state index in [1.54, 1.807) is 24.3 Å². The van der Waals surface area contributed by atoms with Crippen LogP contribution in [-0.2, 0) is 0 Å². The van der Waals surface area contributed by atoms with Crippen molar-refractivity contribution in [2.45, 2.75) is 26.8 Å². The maximum Gasteiger partial charge on any atom is 0.335 e. The highest BCUT2D eigenvalue weighted by atomic mass is 16.4. The standard InChI is InChI=1S/C17H19NO3/c1-10-4-7-14(16(19)8-10)12(3)18-15-9-13(17(20)21)6-5-11(15)2/h4-9,12,18-19H,1-3H3,(H,20,21). The summed E-state index contributed by atoms with van der Waals surface area (Å²) in [5.74, 6) is -0.717. The molecule has 0 heterocycles. The monoisotopic (exact) mass is 285 g/mol. The fraction of sp³-hybridized carbons (Fsp3) is 0.235. The van der Waals surface area contributed by atoms with Gasteiger partial charge >= 0.3 is 5.97 Å². The fourth-order valence-corrected chi connectivity index (χ4v) is 2.24. The van der Waals surface area contributed by atoms with Crippen molar-refractivity contribution < 1.29 is 15.0 Å². The molecule has 0 aromatic heterocycles. The van der Waals surface area contributed by atoms with E-state index in [4.69, 9.17) is 5.11 Å².